The first-order chi connectivity index (χ1) is 12.5. The first-order valence-electron chi connectivity index (χ1n) is 8.99. The second-order valence-electron chi connectivity index (χ2n) is 6.48. The monoisotopic (exact) mass is 374 g/mol. The predicted octanol–water partition coefficient (Wildman–Crippen LogP) is 4.11. The number of amides is 2. The molecule has 1 aliphatic carbocycles. The Morgan fingerprint density at radius 2 is 2.04 bits per heavy atom. The van der Waals surface area contributed by atoms with Crippen LogP contribution in [-0.2, 0) is 17.6 Å². The van der Waals surface area contributed by atoms with Gasteiger partial charge in [0.1, 0.15) is 5.82 Å². The minimum absolute atomic E-state index is 0.0650. The zero-order valence-corrected chi connectivity index (χ0v) is 15.9. The molecule has 6 heteroatoms. The van der Waals surface area contributed by atoms with Gasteiger partial charge in [0, 0.05) is 29.6 Å². The molecule has 3 rings (SSSR count). The summed E-state index contributed by atoms with van der Waals surface area (Å²) < 4.78 is 13.3. The van der Waals surface area contributed by atoms with Crippen LogP contribution in [0.15, 0.2) is 30.3 Å². The molecule has 0 radical (unpaired) electrons. The molecule has 1 N–H and O–H groups in total. The van der Waals surface area contributed by atoms with Crippen molar-refractivity contribution in [2.75, 3.05) is 18.4 Å². The quantitative estimate of drug-likeness (QED) is 0.856. The number of hydrogen-bond acceptors (Lipinski definition) is 3. The summed E-state index contributed by atoms with van der Waals surface area (Å²) in [4.78, 5) is 28.8. The van der Waals surface area contributed by atoms with E-state index in [1.165, 1.54) is 17.0 Å². The van der Waals surface area contributed by atoms with Crippen molar-refractivity contribution in [2.45, 2.75) is 33.1 Å². The van der Waals surface area contributed by atoms with E-state index in [-0.39, 0.29) is 23.5 Å². The Kier molecular flexibility index (Phi) is 5.71. The number of aryl methyl sites for hydroxylation is 1. The molecule has 1 atom stereocenters. The van der Waals surface area contributed by atoms with Crippen LogP contribution in [-0.4, -0.2) is 29.8 Å². The van der Waals surface area contributed by atoms with E-state index in [9.17, 15) is 14.0 Å². The fourth-order valence-electron chi connectivity index (χ4n) is 3.33. The first-order valence-corrected chi connectivity index (χ1v) is 9.80. The number of nitrogens with zero attached hydrogens (tertiary/aromatic N) is 1. The van der Waals surface area contributed by atoms with Crippen LogP contribution >= 0.6 is 11.3 Å². The predicted molar refractivity (Wildman–Crippen MR) is 102 cm³/mol. The third-order valence-electron chi connectivity index (χ3n) is 4.81. The Bertz CT molecular complexity index is 814. The summed E-state index contributed by atoms with van der Waals surface area (Å²) in [6.45, 7) is 5.33. The van der Waals surface area contributed by atoms with Crippen molar-refractivity contribution in [1.29, 1.82) is 0 Å². The van der Waals surface area contributed by atoms with Crippen LogP contribution in [0.25, 0.3) is 0 Å². The molecular weight excluding hydrogens is 351 g/mol. The molecule has 0 bridgehead atoms. The van der Waals surface area contributed by atoms with Gasteiger partial charge in [0.05, 0.1) is 4.88 Å². The molecule has 1 aromatic heterocycles. The van der Waals surface area contributed by atoms with Gasteiger partial charge in [0.15, 0.2) is 0 Å². The molecule has 2 amide bonds. The lowest BCUT2D eigenvalue weighted by Gasteiger charge is -2.21. The molecule has 1 heterocycles. The Hall–Kier alpha value is -2.21. The Labute approximate surface area is 157 Å². The number of fused-ring (bicyclic) bond motifs is 1. The SMILES string of the molecule is CCN(CC)C(=O)c1cc2c(s1)CC[C@H](C(=O)Nc1cccc(F)c1)C2. The van der Waals surface area contributed by atoms with Crippen LogP contribution in [0.2, 0.25) is 0 Å². The van der Waals surface area contributed by atoms with Crippen molar-refractivity contribution < 1.29 is 14.0 Å². The molecule has 2 aromatic rings. The maximum atomic E-state index is 13.3. The second-order valence-corrected chi connectivity index (χ2v) is 7.61. The zero-order chi connectivity index (χ0) is 18.7. The van der Waals surface area contributed by atoms with Gasteiger partial charge in [0.2, 0.25) is 5.91 Å². The maximum absolute atomic E-state index is 13.3. The first kappa shape index (κ1) is 18.6. The van der Waals surface area contributed by atoms with Gasteiger partial charge < -0.3 is 10.2 Å². The van der Waals surface area contributed by atoms with Gasteiger partial charge in [-0.2, -0.15) is 0 Å². The number of carbonyl (C=O) groups is 2. The van der Waals surface area contributed by atoms with Crippen molar-refractivity contribution in [3.8, 4) is 0 Å². The van der Waals surface area contributed by atoms with Gasteiger partial charge in [0.25, 0.3) is 5.91 Å². The fourth-order valence-corrected chi connectivity index (χ4v) is 4.51. The molecule has 0 fully saturated rings. The van der Waals surface area contributed by atoms with E-state index >= 15 is 0 Å². The normalized spacial score (nSPS) is 16.0. The minimum atomic E-state index is -0.369. The lowest BCUT2D eigenvalue weighted by Crippen LogP contribution is -2.29. The zero-order valence-electron chi connectivity index (χ0n) is 15.0. The van der Waals surface area contributed by atoms with Crippen molar-refractivity contribution in [1.82, 2.24) is 4.90 Å². The summed E-state index contributed by atoms with van der Waals surface area (Å²) in [5.41, 5.74) is 1.57. The van der Waals surface area contributed by atoms with E-state index in [0.717, 1.165) is 23.3 Å². The number of nitrogens with one attached hydrogen (secondary N) is 1. The largest absolute Gasteiger partial charge is 0.339 e. The molecule has 138 valence electrons. The summed E-state index contributed by atoms with van der Waals surface area (Å²) in [6, 6.07) is 7.87. The lowest BCUT2D eigenvalue weighted by atomic mass is 9.87. The van der Waals surface area contributed by atoms with Crippen molar-refractivity contribution in [2.24, 2.45) is 5.92 Å². The molecule has 0 saturated heterocycles. The van der Waals surface area contributed by atoms with Crippen LogP contribution in [0.1, 0.15) is 40.4 Å². The van der Waals surface area contributed by atoms with Gasteiger partial charge in [-0.25, -0.2) is 4.39 Å². The standard InChI is InChI=1S/C20H23FN2O2S/c1-3-23(4-2)20(25)18-11-14-10-13(8-9-17(14)26-18)19(24)22-16-7-5-6-15(21)12-16/h5-7,11-13H,3-4,8-10H2,1-2H3,(H,22,24)/t13-/m0/s1. The maximum Gasteiger partial charge on any atom is 0.263 e. The Morgan fingerprint density at radius 3 is 2.73 bits per heavy atom. The van der Waals surface area contributed by atoms with E-state index in [4.69, 9.17) is 0 Å². The van der Waals surface area contributed by atoms with E-state index in [1.807, 2.05) is 24.8 Å². The molecule has 4 nitrogen and oxygen atoms in total. The van der Waals surface area contributed by atoms with Gasteiger partial charge in [-0.05, 0) is 62.9 Å². The number of hydrogen-bond donors (Lipinski definition) is 1. The summed E-state index contributed by atoms with van der Waals surface area (Å²) in [7, 11) is 0. The highest BCUT2D eigenvalue weighted by Gasteiger charge is 2.28. The number of anilines is 1. The molecular formula is C20H23FN2O2S. The van der Waals surface area contributed by atoms with Crippen molar-refractivity contribution in [3.63, 3.8) is 0 Å². The highest BCUT2D eigenvalue weighted by atomic mass is 32.1. The molecule has 26 heavy (non-hydrogen) atoms. The summed E-state index contributed by atoms with van der Waals surface area (Å²) in [5.74, 6) is -0.554. The van der Waals surface area contributed by atoms with Gasteiger partial charge in [-0.1, -0.05) is 6.07 Å². The smallest absolute Gasteiger partial charge is 0.263 e. The average molecular weight is 374 g/mol. The Morgan fingerprint density at radius 1 is 1.27 bits per heavy atom. The average Bonchev–Trinajstić information content (AvgIpc) is 3.06. The van der Waals surface area contributed by atoms with E-state index in [0.29, 0.717) is 25.2 Å². The number of benzene rings is 1. The van der Waals surface area contributed by atoms with Gasteiger partial charge in [-0.3, -0.25) is 9.59 Å². The van der Waals surface area contributed by atoms with Crippen LogP contribution in [0, 0.1) is 11.7 Å². The van der Waals surface area contributed by atoms with Crippen LogP contribution in [0.3, 0.4) is 0 Å². The van der Waals surface area contributed by atoms with Gasteiger partial charge >= 0.3 is 0 Å². The summed E-state index contributed by atoms with van der Waals surface area (Å²) in [5, 5.41) is 2.80. The summed E-state index contributed by atoms with van der Waals surface area (Å²) >= 11 is 1.55. The van der Waals surface area contributed by atoms with Crippen molar-refractivity contribution >= 4 is 28.8 Å². The number of carbonyl (C=O) groups excluding carboxylic acids is 2. The van der Waals surface area contributed by atoms with Crippen molar-refractivity contribution in [3.05, 3.63) is 51.5 Å². The molecule has 0 spiro atoms. The van der Waals surface area contributed by atoms with E-state index in [2.05, 4.69) is 5.32 Å². The van der Waals surface area contributed by atoms with Crippen LogP contribution in [0.5, 0.6) is 0 Å². The highest BCUT2D eigenvalue weighted by molar-refractivity contribution is 7.14. The molecule has 0 unspecified atom stereocenters. The lowest BCUT2D eigenvalue weighted by molar-refractivity contribution is -0.120. The highest BCUT2D eigenvalue weighted by Crippen LogP contribution is 2.33. The third kappa shape index (κ3) is 3.96. The Balaban J connectivity index is 1.69. The topological polar surface area (TPSA) is 49.4 Å². The number of thiophene rings is 1. The van der Waals surface area contributed by atoms with Gasteiger partial charge in [-0.15, -0.1) is 11.3 Å². The molecule has 1 aromatic carbocycles. The van der Waals surface area contributed by atoms with E-state index < -0.39 is 0 Å². The third-order valence-corrected chi connectivity index (χ3v) is 6.03. The fraction of sp³-hybridized carbons (Fsp3) is 0.400. The molecule has 1 aliphatic rings. The van der Waals surface area contributed by atoms with Crippen LogP contribution < -0.4 is 5.32 Å². The number of rotatable bonds is 5. The number of halogens is 1. The minimum Gasteiger partial charge on any atom is -0.339 e. The second kappa shape index (κ2) is 7.99. The molecule has 0 saturated carbocycles. The molecule has 0 aliphatic heterocycles. The van der Waals surface area contributed by atoms with E-state index in [1.54, 1.807) is 23.5 Å². The van der Waals surface area contributed by atoms with Crippen LogP contribution in [0.4, 0.5) is 10.1 Å². The summed E-state index contributed by atoms with van der Waals surface area (Å²) in [6.07, 6.45) is 2.17.